The highest BCUT2D eigenvalue weighted by Gasteiger charge is 2.17. The van der Waals surface area contributed by atoms with E-state index in [4.69, 9.17) is 9.15 Å². The van der Waals surface area contributed by atoms with Crippen molar-refractivity contribution in [3.63, 3.8) is 0 Å². The summed E-state index contributed by atoms with van der Waals surface area (Å²) in [6.45, 7) is 2.45. The summed E-state index contributed by atoms with van der Waals surface area (Å²) < 4.78 is 11.1. The van der Waals surface area contributed by atoms with Gasteiger partial charge in [-0.25, -0.2) is 0 Å². The van der Waals surface area contributed by atoms with E-state index in [2.05, 4.69) is 32.5 Å². The number of ether oxygens (including phenoxy) is 1. The molecule has 3 heterocycles. The van der Waals surface area contributed by atoms with E-state index in [-0.39, 0.29) is 18.4 Å². The van der Waals surface area contributed by atoms with E-state index >= 15 is 0 Å². The Morgan fingerprint density at radius 2 is 1.90 bits per heavy atom. The van der Waals surface area contributed by atoms with Crippen LogP contribution in [0, 0.1) is 0 Å². The fourth-order valence-electron chi connectivity index (χ4n) is 3.70. The third kappa shape index (κ3) is 5.17. The highest BCUT2D eigenvalue weighted by molar-refractivity contribution is 5.77. The Morgan fingerprint density at radius 3 is 2.60 bits per heavy atom. The summed E-state index contributed by atoms with van der Waals surface area (Å²) in [6.07, 6.45) is 4.78. The van der Waals surface area contributed by atoms with E-state index in [0.717, 1.165) is 36.7 Å². The number of carbonyl (C=O) groups is 1. The first-order valence-corrected chi connectivity index (χ1v) is 10.4. The van der Waals surface area contributed by atoms with Crippen molar-refractivity contribution >= 4 is 11.7 Å². The van der Waals surface area contributed by atoms with Crippen molar-refractivity contribution in [3.8, 4) is 5.88 Å². The van der Waals surface area contributed by atoms with Crippen LogP contribution in [-0.4, -0.2) is 42.3 Å². The van der Waals surface area contributed by atoms with Crippen LogP contribution in [0.15, 0.2) is 65.3 Å². The van der Waals surface area contributed by atoms with E-state index in [9.17, 15) is 4.79 Å². The Hall–Kier alpha value is -3.35. The van der Waals surface area contributed by atoms with E-state index in [1.165, 1.54) is 12.8 Å². The maximum atomic E-state index is 12.2. The molecule has 1 N–H and O–H groups in total. The molecule has 4 rings (SSSR count). The Morgan fingerprint density at radius 1 is 1.07 bits per heavy atom. The van der Waals surface area contributed by atoms with Crippen LogP contribution in [0.5, 0.6) is 5.88 Å². The Labute approximate surface area is 176 Å². The maximum absolute atomic E-state index is 12.2. The van der Waals surface area contributed by atoms with Gasteiger partial charge in [0.2, 0.25) is 5.88 Å². The van der Waals surface area contributed by atoms with Gasteiger partial charge >= 0.3 is 0 Å². The fraction of sp³-hybridized carbons (Fsp3) is 0.348. The third-order valence-electron chi connectivity index (χ3n) is 5.25. The third-order valence-corrected chi connectivity index (χ3v) is 5.25. The summed E-state index contributed by atoms with van der Waals surface area (Å²) in [5.74, 6) is 2.00. The highest BCUT2D eigenvalue weighted by atomic mass is 16.5. The number of hydrogen-bond acceptors (Lipinski definition) is 6. The predicted molar refractivity (Wildman–Crippen MR) is 114 cm³/mol. The molecule has 1 saturated heterocycles. The van der Waals surface area contributed by atoms with Gasteiger partial charge in [0.1, 0.15) is 5.76 Å². The normalized spacial score (nSPS) is 14.5. The zero-order valence-electron chi connectivity index (χ0n) is 16.9. The largest absolute Gasteiger partial charge is 0.469 e. The van der Waals surface area contributed by atoms with E-state index in [0.29, 0.717) is 12.4 Å². The highest BCUT2D eigenvalue weighted by Crippen LogP contribution is 2.27. The maximum Gasteiger partial charge on any atom is 0.258 e. The molecule has 2 aromatic heterocycles. The number of nitrogens with zero attached hydrogens (tertiary/aromatic N) is 3. The van der Waals surface area contributed by atoms with Gasteiger partial charge in [0, 0.05) is 31.6 Å². The second kappa shape index (κ2) is 9.91. The summed E-state index contributed by atoms with van der Waals surface area (Å²) in [5, 5.41) is 11.2. The first-order chi connectivity index (χ1) is 14.8. The van der Waals surface area contributed by atoms with Gasteiger partial charge in [-0.05, 0) is 43.0 Å². The number of rotatable bonds is 9. The number of furan rings is 1. The smallest absolute Gasteiger partial charge is 0.258 e. The number of carbonyl (C=O) groups excluding carboxylic acids is 1. The zero-order chi connectivity index (χ0) is 20.6. The van der Waals surface area contributed by atoms with Crippen LogP contribution in [-0.2, 0) is 4.79 Å². The molecule has 1 amide bonds. The SMILES string of the molecule is O=C(COc1ccc(N2CCCC2)nn1)NCC[C@H](c1ccccc1)c1ccco1. The fourth-order valence-corrected chi connectivity index (χ4v) is 3.70. The lowest BCUT2D eigenvalue weighted by atomic mass is 9.93. The van der Waals surface area contributed by atoms with Crippen molar-refractivity contribution in [2.75, 3.05) is 31.1 Å². The molecule has 3 aromatic rings. The standard InChI is InChI=1S/C23H26N4O3/c28-22(17-30-23-11-10-21(25-26-23)27-14-4-5-15-27)24-13-12-19(20-9-6-16-29-20)18-7-2-1-3-8-18/h1-3,6-11,16,19H,4-5,12-15,17H2,(H,24,28)/t19-/m1/s1. The van der Waals surface area contributed by atoms with Crippen molar-refractivity contribution in [2.45, 2.75) is 25.2 Å². The average molecular weight is 406 g/mol. The second-order valence-electron chi connectivity index (χ2n) is 7.33. The molecule has 1 atom stereocenters. The van der Waals surface area contributed by atoms with Gasteiger partial charge in [0.15, 0.2) is 12.4 Å². The molecule has 7 heteroatoms. The number of hydrogen-bond donors (Lipinski definition) is 1. The predicted octanol–water partition coefficient (Wildman–Crippen LogP) is 3.39. The van der Waals surface area contributed by atoms with Gasteiger partial charge < -0.3 is 19.4 Å². The first kappa shape index (κ1) is 19.9. The molecule has 0 spiro atoms. The zero-order valence-corrected chi connectivity index (χ0v) is 16.9. The quantitative estimate of drug-likeness (QED) is 0.587. The topological polar surface area (TPSA) is 80.5 Å². The lowest BCUT2D eigenvalue weighted by Crippen LogP contribution is -2.30. The first-order valence-electron chi connectivity index (χ1n) is 10.4. The van der Waals surface area contributed by atoms with Crippen molar-refractivity contribution in [1.29, 1.82) is 0 Å². The van der Waals surface area contributed by atoms with Crippen LogP contribution in [0.4, 0.5) is 5.82 Å². The lowest BCUT2D eigenvalue weighted by Gasteiger charge is -2.16. The van der Waals surface area contributed by atoms with Gasteiger partial charge in [-0.2, -0.15) is 0 Å². The molecule has 0 radical (unpaired) electrons. The summed E-state index contributed by atoms with van der Waals surface area (Å²) >= 11 is 0. The molecule has 30 heavy (non-hydrogen) atoms. The van der Waals surface area contributed by atoms with Crippen LogP contribution >= 0.6 is 0 Å². The number of anilines is 1. The van der Waals surface area contributed by atoms with Crippen LogP contribution in [0.3, 0.4) is 0 Å². The molecule has 0 saturated carbocycles. The van der Waals surface area contributed by atoms with Gasteiger partial charge in [-0.1, -0.05) is 30.3 Å². The molecule has 1 fully saturated rings. The molecule has 1 aliphatic heterocycles. The minimum atomic E-state index is -0.188. The van der Waals surface area contributed by atoms with Crippen molar-refractivity contribution < 1.29 is 13.9 Å². The molecule has 1 aromatic carbocycles. The summed E-state index contributed by atoms with van der Waals surface area (Å²) in [5.41, 5.74) is 1.16. The van der Waals surface area contributed by atoms with Gasteiger partial charge in [0.25, 0.3) is 5.91 Å². The lowest BCUT2D eigenvalue weighted by molar-refractivity contribution is -0.123. The van der Waals surface area contributed by atoms with Crippen LogP contribution in [0.2, 0.25) is 0 Å². The molecule has 0 aliphatic carbocycles. The van der Waals surface area contributed by atoms with Crippen LogP contribution in [0.25, 0.3) is 0 Å². The molecular weight excluding hydrogens is 380 g/mol. The minimum absolute atomic E-state index is 0.0888. The van der Waals surface area contributed by atoms with Crippen molar-refractivity contribution in [1.82, 2.24) is 15.5 Å². The molecule has 7 nitrogen and oxygen atoms in total. The van der Waals surface area contributed by atoms with E-state index in [1.807, 2.05) is 36.4 Å². The Balaban J connectivity index is 1.24. The number of benzene rings is 1. The molecule has 1 aliphatic rings. The van der Waals surface area contributed by atoms with Gasteiger partial charge in [-0.15, -0.1) is 10.2 Å². The Bertz CT molecular complexity index is 907. The average Bonchev–Trinajstić information content (AvgIpc) is 3.51. The second-order valence-corrected chi connectivity index (χ2v) is 7.33. The number of aromatic nitrogens is 2. The van der Waals surface area contributed by atoms with E-state index < -0.39 is 0 Å². The van der Waals surface area contributed by atoms with Crippen LogP contribution in [0.1, 0.15) is 36.5 Å². The summed E-state index contributed by atoms with van der Waals surface area (Å²) in [7, 11) is 0. The van der Waals surface area contributed by atoms with Gasteiger partial charge in [-0.3, -0.25) is 4.79 Å². The van der Waals surface area contributed by atoms with Gasteiger partial charge in [0.05, 0.1) is 6.26 Å². The molecule has 0 unspecified atom stereocenters. The van der Waals surface area contributed by atoms with Crippen molar-refractivity contribution in [3.05, 3.63) is 72.2 Å². The molecule has 156 valence electrons. The monoisotopic (exact) mass is 406 g/mol. The molecule has 0 bridgehead atoms. The summed E-state index contributed by atoms with van der Waals surface area (Å²) in [6, 6.07) is 17.6. The van der Waals surface area contributed by atoms with E-state index in [1.54, 1.807) is 12.3 Å². The molecular formula is C23H26N4O3. The number of amides is 1. The number of nitrogens with one attached hydrogen (secondary N) is 1. The Kier molecular flexibility index (Phi) is 6.59. The van der Waals surface area contributed by atoms with Crippen molar-refractivity contribution in [2.24, 2.45) is 0 Å². The summed E-state index contributed by atoms with van der Waals surface area (Å²) in [4.78, 5) is 14.4. The van der Waals surface area contributed by atoms with Crippen LogP contribution < -0.4 is 15.0 Å². The minimum Gasteiger partial charge on any atom is -0.469 e.